The third-order valence-electron chi connectivity index (χ3n) is 0.566. The maximum absolute atomic E-state index is 8.35. The molecule has 0 heterocycles. The van der Waals surface area contributed by atoms with Gasteiger partial charge in [0.25, 0.3) is 5.97 Å². The van der Waals surface area contributed by atoms with Gasteiger partial charge in [-0.1, -0.05) is 6.58 Å². The Hall–Kier alpha value is -0.380. The van der Waals surface area contributed by atoms with Crippen LogP contribution in [0.1, 0.15) is 0 Å². The highest BCUT2D eigenvalue weighted by Crippen LogP contribution is 1.97. The van der Waals surface area contributed by atoms with E-state index in [2.05, 4.69) is 11.3 Å². The average molecular weight is 104 g/mol. The minimum atomic E-state index is -2.15. The second-order valence-corrected chi connectivity index (χ2v) is 1.07. The predicted octanol–water partition coefficient (Wildman–Crippen LogP) is -0.543. The lowest BCUT2D eigenvalue weighted by Gasteiger charge is -2.12. The summed E-state index contributed by atoms with van der Waals surface area (Å²) in [4.78, 5) is 0. The molecule has 0 bridgehead atoms. The first-order chi connectivity index (χ1) is 3.12. The van der Waals surface area contributed by atoms with Gasteiger partial charge in [-0.2, -0.15) is 0 Å². The van der Waals surface area contributed by atoms with Gasteiger partial charge in [0, 0.05) is 7.11 Å². The van der Waals surface area contributed by atoms with Gasteiger partial charge in [-0.25, -0.2) is 0 Å². The molecule has 0 aromatic carbocycles. The second-order valence-electron chi connectivity index (χ2n) is 1.07. The molecule has 7 heavy (non-hydrogen) atoms. The molecule has 0 spiro atoms. The van der Waals surface area contributed by atoms with Gasteiger partial charge in [0.1, 0.15) is 0 Å². The van der Waals surface area contributed by atoms with E-state index >= 15 is 0 Å². The monoisotopic (exact) mass is 104 g/mol. The number of aliphatic hydroxyl groups is 2. The van der Waals surface area contributed by atoms with Gasteiger partial charge in [-0.05, 0) is 6.08 Å². The van der Waals surface area contributed by atoms with Gasteiger partial charge in [-0.3, -0.25) is 0 Å². The lowest BCUT2D eigenvalue weighted by atomic mass is 10.5. The molecule has 0 unspecified atom stereocenters. The fourth-order valence-corrected chi connectivity index (χ4v) is 0.0833. The highest BCUT2D eigenvalue weighted by molar-refractivity contribution is 4.75. The van der Waals surface area contributed by atoms with Crippen molar-refractivity contribution in [3.8, 4) is 0 Å². The molecule has 0 amide bonds. The Balaban J connectivity index is 3.58. The molecule has 3 heteroatoms. The van der Waals surface area contributed by atoms with Crippen molar-refractivity contribution in [2.45, 2.75) is 5.97 Å². The fraction of sp³-hybridized carbons (Fsp3) is 0.500. The zero-order valence-corrected chi connectivity index (χ0v) is 4.09. The maximum Gasteiger partial charge on any atom is 0.299 e. The summed E-state index contributed by atoms with van der Waals surface area (Å²) < 4.78 is 4.08. The molecule has 0 aromatic rings. The van der Waals surface area contributed by atoms with E-state index in [1.165, 1.54) is 7.11 Å². The Labute approximate surface area is 41.8 Å². The Kier molecular flexibility index (Phi) is 1.95. The molecule has 3 nitrogen and oxygen atoms in total. The minimum absolute atomic E-state index is 0.882. The summed E-state index contributed by atoms with van der Waals surface area (Å²) in [7, 11) is 1.17. The van der Waals surface area contributed by atoms with Crippen LogP contribution in [0.2, 0.25) is 0 Å². The Morgan fingerprint density at radius 3 is 2.14 bits per heavy atom. The van der Waals surface area contributed by atoms with E-state index in [0.717, 1.165) is 6.08 Å². The quantitative estimate of drug-likeness (QED) is 0.365. The molecule has 0 fully saturated rings. The molecule has 0 saturated heterocycles. The number of rotatable bonds is 2. The van der Waals surface area contributed by atoms with E-state index in [1.54, 1.807) is 0 Å². The van der Waals surface area contributed by atoms with Crippen LogP contribution in [0.5, 0.6) is 0 Å². The standard InChI is InChI=1S/C4H8O3/c1-3-4(5,6)7-2/h3,5-6H,1H2,2H3. The SMILES string of the molecule is C=CC(O)(O)OC. The summed E-state index contributed by atoms with van der Waals surface area (Å²) in [6, 6.07) is 0. The van der Waals surface area contributed by atoms with E-state index in [0.29, 0.717) is 0 Å². The van der Waals surface area contributed by atoms with E-state index in [1.807, 2.05) is 0 Å². The molecule has 0 atom stereocenters. The van der Waals surface area contributed by atoms with E-state index in [-0.39, 0.29) is 0 Å². The van der Waals surface area contributed by atoms with Crippen molar-refractivity contribution in [3.05, 3.63) is 12.7 Å². The topological polar surface area (TPSA) is 49.7 Å². The molecule has 0 aliphatic carbocycles. The van der Waals surface area contributed by atoms with Crippen LogP contribution in [0.15, 0.2) is 12.7 Å². The van der Waals surface area contributed by atoms with Crippen LogP contribution in [0.3, 0.4) is 0 Å². The first-order valence-electron chi connectivity index (χ1n) is 1.76. The van der Waals surface area contributed by atoms with E-state index in [9.17, 15) is 0 Å². The van der Waals surface area contributed by atoms with Crippen LogP contribution in [0, 0.1) is 0 Å². The molecule has 42 valence electrons. The van der Waals surface area contributed by atoms with Crippen molar-refractivity contribution in [3.63, 3.8) is 0 Å². The third kappa shape index (κ3) is 2.33. The highest BCUT2D eigenvalue weighted by Gasteiger charge is 2.14. The second kappa shape index (κ2) is 2.07. The van der Waals surface area contributed by atoms with Crippen LogP contribution in [-0.2, 0) is 4.74 Å². The molecule has 0 aromatic heterocycles. The number of ether oxygens (including phenoxy) is 1. The predicted molar refractivity (Wildman–Crippen MR) is 24.4 cm³/mol. The van der Waals surface area contributed by atoms with Gasteiger partial charge in [0.2, 0.25) is 0 Å². The van der Waals surface area contributed by atoms with Crippen LogP contribution in [0.25, 0.3) is 0 Å². The first kappa shape index (κ1) is 6.62. The van der Waals surface area contributed by atoms with E-state index < -0.39 is 5.97 Å². The van der Waals surface area contributed by atoms with Crippen molar-refractivity contribution in [1.29, 1.82) is 0 Å². The van der Waals surface area contributed by atoms with Crippen LogP contribution in [0.4, 0.5) is 0 Å². The van der Waals surface area contributed by atoms with Crippen molar-refractivity contribution < 1.29 is 14.9 Å². The maximum atomic E-state index is 8.35. The molecule has 0 radical (unpaired) electrons. The first-order valence-corrected chi connectivity index (χ1v) is 1.76. The number of hydrogen-bond acceptors (Lipinski definition) is 3. The van der Waals surface area contributed by atoms with Gasteiger partial charge in [0.05, 0.1) is 0 Å². The molecule has 0 saturated carbocycles. The summed E-state index contributed by atoms with van der Waals surface area (Å²) in [6.45, 7) is 3.08. The fourth-order valence-electron chi connectivity index (χ4n) is 0.0833. The summed E-state index contributed by atoms with van der Waals surface area (Å²) in [5.41, 5.74) is 0. The zero-order valence-electron chi connectivity index (χ0n) is 4.09. The van der Waals surface area contributed by atoms with Crippen LogP contribution in [-0.4, -0.2) is 23.3 Å². The van der Waals surface area contributed by atoms with Gasteiger partial charge < -0.3 is 14.9 Å². The Morgan fingerprint density at radius 2 is 2.14 bits per heavy atom. The summed E-state index contributed by atoms with van der Waals surface area (Å²) in [6.07, 6.45) is 0.882. The molecule has 2 N–H and O–H groups in total. The van der Waals surface area contributed by atoms with Gasteiger partial charge >= 0.3 is 0 Å². The van der Waals surface area contributed by atoms with Crippen molar-refractivity contribution in [2.75, 3.05) is 7.11 Å². The molecule has 0 rings (SSSR count). The molecule has 0 aliphatic rings. The van der Waals surface area contributed by atoms with E-state index in [4.69, 9.17) is 10.2 Å². The molecule has 0 aliphatic heterocycles. The Bertz CT molecular complexity index is 67.3. The van der Waals surface area contributed by atoms with Gasteiger partial charge in [-0.15, -0.1) is 0 Å². The number of hydrogen-bond donors (Lipinski definition) is 2. The largest absolute Gasteiger partial charge is 0.340 e. The minimum Gasteiger partial charge on any atom is -0.340 e. The summed E-state index contributed by atoms with van der Waals surface area (Å²) in [5, 5.41) is 16.7. The Morgan fingerprint density at radius 1 is 1.71 bits per heavy atom. The zero-order chi connectivity index (χ0) is 5.91. The molecular formula is C4H8O3. The van der Waals surface area contributed by atoms with Crippen molar-refractivity contribution in [1.82, 2.24) is 0 Å². The summed E-state index contributed by atoms with van der Waals surface area (Å²) >= 11 is 0. The van der Waals surface area contributed by atoms with Crippen LogP contribution >= 0.6 is 0 Å². The van der Waals surface area contributed by atoms with Crippen molar-refractivity contribution >= 4 is 0 Å². The normalized spacial score (nSPS) is 11.3. The summed E-state index contributed by atoms with van der Waals surface area (Å²) in [5.74, 6) is -2.15. The lowest BCUT2D eigenvalue weighted by molar-refractivity contribution is -0.289. The smallest absolute Gasteiger partial charge is 0.299 e. The third-order valence-corrected chi connectivity index (χ3v) is 0.566. The van der Waals surface area contributed by atoms with Crippen molar-refractivity contribution in [2.24, 2.45) is 0 Å². The average Bonchev–Trinajstić information content (AvgIpc) is 1.68. The highest BCUT2D eigenvalue weighted by atomic mass is 16.8. The number of methoxy groups -OCH3 is 1. The van der Waals surface area contributed by atoms with Crippen LogP contribution < -0.4 is 0 Å². The van der Waals surface area contributed by atoms with Gasteiger partial charge in [0.15, 0.2) is 0 Å². The molecular weight excluding hydrogens is 96.0 g/mol. The lowest BCUT2D eigenvalue weighted by Crippen LogP contribution is -2.26.